The molecule has 0 saturated heterocycles. The summed E-state index contributed by atoms with van der Waals surface area (Å²) < 4.78 is 0. The molecule has 1 fully saturated rings. The van der Waals surface area contributed by atoms with Crippen LogP contribution in [-0.2, 0) is 0 Å². The fourth-order valence-electron chi connectivity index (χ4n) is 3.14. The second kappa shape index (κ2) is 5.41. The third-order valence-electron chi connectivity index (χ3n) is 4.48. The van der Waals surface area contributed by atoms with Crippen LogP contribution in [0.25, 0.3) is 0 Å². The molecule has 0 aromatic heterocycles. The van der Waals surface area contributed by atoms with Crippen molar-refractivity contribution >= 4 is 0 Å². The van der Waals surface area contributed by atoms with Crippen LogP contribution in [0.1, 0.15) is 52.6 Å². The molecule has 2 aromatic carbocycles. The zero-order valence-electron chi connectivity index (χ0n) is 13.3. The van der Waals surface area contributed by atoms with E-state index in [0.717, 1.165) is 23.0 Å². The molecule has 0 radical (unpaired) electrons. The molecule has 0 N–H and O–H groups in total. The highest BCUT2D eigenvalue weighted by Crippen LogP contribution is 2.49. The van der Waals surface area contributed by atoms with Crippen LogP contribution in [0.2, 0.25) is 0 Å². The molecule has 1 aliphatic rings. The van der Waals surface area contributed by atoms with Gasteiger partial charge in [0.1, 0.15) is 0 Å². The number of hydrogen-bond donors (Lipinski definition) is 0. The molecular formula is C21H22. The lowest BCUT2D eigenvalue weighted by Crippen LogP contribution is -1.94. The van der Waals surface area contributed by atoms with E-state index >= 15 is 0 Å². The molecule has 0 aliphatic heterocycles. The van der Waals surface area contributed by atoms with Gasteiger partial charge in [-0.25, -0.2) is 0 Å². The number of benzene rings is 2. The summed E-state index contributed by atoms with van der Waals surface area (Å²) in [5, 5.41) is 0. The maximum absolute atomic E-state index is 3.31. The van der Waals surface area contributed by atoms with Gasteiger partial charge in [0.05, 0.1) is 0 Å². The quantitative estimate of drug-likeness (QED) is 0.632. The first-order valence-electron chi connectivity index (χ1n) is 7.74. The Bertz CT molecular complexity index is 700. The Hall–Kier alpha value is -2.00. The lowest BCUT2D eigenvalue weighted by molar-refractivity contribution is 0.901. The normalized spacial score (nSPS) is 19.8. The Morgan fingerprint density at radius 3 is 1.90 bits per heavy atom. The van der Waals surface area contributed by atoms with Gasteiger partial charge in [-0.15, -0.1) is 0 Å². The van der Waals surface area contributed by atoms with Crippen LogP contribution in [0.4, 0.5) is 0 Å². The highest BCUT2D eigenvalue weighted by atomic mass is 14.4. The molecule has 1 aliphatic carbocycles. The standard InChI is InChI=1S/C21H22/c1-14-5-7-18(8-6-14)9-10-19-11-16(3)21(17(4)12-19)20-13-15(20)2/h5-8,11-12,15,20H,13H2,1-4H3. The Kier molecular flexibility index (Phi) is 3.60. The van der Waals surface area contributed by atoms with E-state index in [9.17, 15) is 0 Å². The molecule has 0 amide bonds. The zero-order chi connectivity index (χ0) is 15.0. The van der Waals surface area contributed by atoms with Gasteiger partial charge in [0.25, 0.3) is 0 Å². The zero-order valence-corrected chi connectivity index (χ0v) is 13.3. The molecule has 0 nitrogen and oxygen atoms in total. The van der Waals surface area contributed by atoms with E-state index in [1.165, 1.54) is 23.1 Å². The van der Waals surface area contributed by atoms with Crippen LogP contribution in [0.3, 0.4) is 0 Å². The molecule has 21 heavy (non-hydrogen) atoms. The van der Waals surface area contributed by atoms with E-state index in [4.69, 9.17) is 0 Å². The second-order valence-electron chi connectivity index (χ2n) is 6.46. The summed E-state index contributed by atoms with van der Waals surface area (Å²) in [7, 11) is 0. The van der Waals surface area contributed by atoms with Crippen LogP contribution < -0.4 is 0 Å². The molecule has 2 unspecified atom stereocenters. The van der Waals surface area contributed by atoms with Gasteiger partial charge in [0.15, 0.2) is 0 Å². The van der Waals surface area contributed by atoms with Crippen molar-refractivity contribution in [1.29, 1.82) is 0 Å². The van der Waals surface area contributed by atoms with Gasteiger partial charge >= 0.3 is 0 Å². The molecule has 3 rings (SSSR count). The van der Waals surface area contributed by atoms with Crippen molar-refractivity contribution in [3.63, 3.8) is 0 Å². The maximum atomic E-state index is 3.31. The van der Waals surface area contributed by atoms with Gasteiger partial charge in [-0.05, 0) is 80.0 Å². The third kappa shape index (κ3) is 3.03. The average molecular weight is 274 g/mol. The van der Waals surface area contributed by atoms with Crippen LogP contribution in [-0.4, -0.2) is 0 Å². The van der Waals surface area contributed by atoms with Gasteiger partial charge in [0.2, 0.25) is 0 Å². The summed E-state index contributed by atoms with van der Waals surface area (Å²) in [6.07, 6.45) is 1.34. The van der Waals surface area contributed by atoms with Crippen molar-refractivity contribution in [1.82, 2.24) is 0 Å². The van der Waals surface area contributed by atoms with Gasteiger partial charge in [-0.1, -0.05) is 36.5 Å². The molecule has 106 valence electrons. The predicted molar refractivity (Wildman–Crippen MR) is 89.6 cm³/mol. The van der Waals surface area contributed by atoms with Gasteiger partial charge in [-0.3, -0.25) is 0 Å². The summed E-state index contributed by atoms with van der Waals surface area (Å²) >= 11 is 0. The average Bonchev–Trinajstić information content (AvgIpc) is 3.14. The first-order valence-corrected chi connectivity index (χ1v) is 7.74. The summed E-state index contributed by atoms with van der Waals surface area (Å²) in [5.41, 5.74) is 7.84. The molecule has 2 atom stereocenters. The second-order valence-corrected chi connectivity index (χ2v) is 6.46. The van der Waals surface area contributed by atoms with Crippen molar-refractivity contribution in [2.75, 3.05) is 0 Å². The van der Waals surface area contributed by atoms with E-state index in [2.05, 4.69) is 75.9 Å². The molecule has 0 heterocycles. The highest BCUT2D eigenvalue weighted by molar-refractivity contribution is 5.50. The Morgan fingerprint density at radius 2 is 1.38 bits per heavy atom. The maximum Gasteiger partial charge on any atom is 0.0254 e. The van der Waals surface area contributed by atoms with Gasteiger partial charge in [0, 0.05) is 11.1 Å². The molecule has 2 aromatic rings. The topological polar surface area (TPSA) is 0 Å². The lowest BCUT2D eigenvalue weighted by atomic mass is 9.95. The smallest absolute Gasteiger partial charge is 0.0254 e. The van der Waals surface area contributed by atoms with Crippen LogP contribution in [0, 0.1) is 38.5 Å². The van der Waals surface area contributed by atoms with Gasteiger partial charge in [-0.2, -0.15) is 0 Å². The van der Waals surface area contributed by atoms with E-state index < -0.39 is 0 Å². The van der Waals surface area contributed by atoms with Crippen LogP contribution in [0.5, 0.6) is 0 Å². The fraction of sp³-hybridized carbons (Fsp3) is 0.333. The number of hydrogen-bond acceptors (Lipinski definition) is 0. The van der Waals surface area contributed by atoms with E-state index in [1.807, 2.05) is 0 Å². The first kappa shape index (κ1) is 14.0. The fourth-order valence-corrected chi connectivity index (χ4v) is 3.14. The third-order valence-corrected chi connectivity index (χ3v) is 4.48. The first-order chi connectivity index (χ1) is 10.0. The van der Waals surface area contributed by atoms with Crippen molar-refractivity contribution < 1.29 is 0 Å². The predicted octanol–water partition coefficient (Wildman–Crippen LogP) is 5.14. The van der Waals surface area contributed by atoms with Crippen LogP contribution >= 0.6 is 0 Å². The van der Waals surface area contributed by atoms with Crippen LogP contribution in [0.15, 0.2) is 36.4 Å². The summed E-state index contributed by atoms with van der Waals surface area (Å²) in [5.74, 6) is 8.21. The van der Waals surface area contributed by atoms with Crippen molar-refractivity contribution in [3.8, 4) is 11.8 Å². The Labute approximate surface area is 128 Å². The Morgan fingerprint density at radius 1 is 0.857 bits per heavy atom. The lowest BCUT2D eigenvalue weighted by Gasteiger charge is -2.10. The minimum Gasteiger partial charge on any atom is -0.0619 e. The van der Waals surface area contributed by atoms with E-state index in [1.54, 1.807) is 5.56 Å². The molecule has 0 heteroatoms. The monoisotopic (exact) mass is 274 g/mol. The van der Waals surface area contributed by atoms with Gasteiger partial charge < -0.3 is 0 Å². The largest absolute Gasteiger partial charge is 0.0619 e. The molecular weight excluding hydrogens is 252 g/mol. The molecule has 0 bridgehead atoms. The molecule has 1 saturated carbocycles. The number of rotatable bonds is 1. The molecule has 0 spiro atoms. The van der Waals surface area contributed by atoms with Crippen molar-refractivity contribution in [2.45, 2.75) is 40.0 Å². The highest BCUT2D eigenvalue weighted by Gasteiger charge is 2.35. The van der Waals surface area contributed by atoms with Crippen molar-refractivity contribution in [2.24, 2.45) is 5.92 Å². The summed E-state index contributed by atoms with van der Waals surface area (Å²) in [4.78, 5) is 0. The van der Waals surface area contributed by atoms with E-state index in [0.29, 0.717) is 0 Å². The number of aryl methyl sites for hydroxylation is 3. The minimum absolute atomic E-state index is 0.782. The Balaban J connectivity index is 1.89. The SMILES string of the molecule is Cc1ccc(C#Cc2cc(C)c(C3CC3C)c(C)c2)cc1. The summed E-state index contributed by atoms with van der Waals surface area (Å²) in [6.45, 7) is 8.89. The summed E-state index contributed by atoms with van der Waals surface area (Å²) in [6, 6.07) is 12.9. The van der Waals surface area contributed by atoms with E-state index in [-0.39, 0.29) is 0 Å². The van der Waals surface area contributed by atoms with Crippen molar-refractivity contribution in [3.05, 3.63) is 69.8 Å². The minimum atomic E-state index is 0.782.